The van der Waals surface area contributed by atoms with Gasteiger partial charge in [-0.25, -0.2) is 13.6 Å². The van der Waals surface area contributed by atoms with Crippen LogP contribution in [0.15, 0.2) is 23.3 Å². The molecular weight excluding hydrogens is 230 g/mol. The number of hydrogen-bond acceptors (Lipinski definition) is 2. The van der Waals surface area contributed by atoms with Crippen LogP contribution in [0, 0.1) is 23.0 Å². The lowest BCUT2D eigenvalue weighted by molar-refractivity contribution is -0.746. The topological polar surface area (TPSA) is 65.5 Å². The van der Waals surface area contributed by atoms with E-state index >= 15 is 0 Å². The lowest BCUT2D eigenvalue weighted by atomic mass is 10.2. The van der Waals surface area contributed by atoms with Crippen LogP contribution in [0.5, 0.6) is 0 Å². The molecule has 86 valence electrons. The number of aryl methyl sites for hydroxylation is 1. The molecule has 1 heterocycles. The van der Waals surface area contributed by atoms with Gasteiger partial charge in [0.05, 0.1) is 5.56 Å². The Bertz CT molecular complexity index is 681. The Kier molecular flexibility index (Phi) is 2.48. The third-order valence-electron chi connectivity index (χ3n) is 2.27. The van der Waals surface area contributed by atoms with Crippen LogP contribution in [0.1, 0.15) is 5.56 Å². The number of rotatable bonds is 1. The quantitative estimate of drug-likeness (QED) is 0.717. The molecule has 0 saturated heterocycles. The van der Waals surface area contributed by atoms with Gasteiger partial charge in [0.2, 0.25) is 0 Å². The molecule has 0 bridgehead atoms. The monoisotopic (exact) mass is 237 g/mol. The number of H-pyrrole nitrogens is 1. The van der Waals surface area contributed by atoms with E-state index in [1.54, 1.807) is 0 Å². The van der Waals surface area contributed by atoms with Crippen LogP contribution < -0.4 is 10.4 Å². The first-order valence-corrected chi connectivity index (χ1v) is 4.60. The third-order valence-corrected chi connectivity index (χ3v) is 2.27. The van der Waals surface area contributed by atoms with Crippen molar-refractivity contribution in [2.45, 2.75) is 0 Å². The van der Waals surface area contributed by atoms with Crippen molar-refractivity contribution < 1.29 is 13.5 Å². The SMILES string of the molecule is C[n+]1c[nH]c(=O)n1-c1cc(F)c(C#N)cc1F. The molecule has 0 atom stereocenters. The maximum atomic E-state index is 13.6. The van der Waals surface area contributed by atoms with Crippen molar-refractivity contribution in [2.24, 2.45) is 7.05 Å². The fraction of sp³-hybridized carbons (Fsp3) is 0.100. The van der Waals surface area contributed by atoms with Gasteiger partial charge in [0.1, 0.15) is 24.6 Å². The number of halogens is 2. The van der Waals surface area contributed by atoms with Crippen molar-refractivity contribution >= 4 is 0 Å². The molecule has 2 rings (SSSR count). The summed E-state index contributed by atoms with van der Waals surface area (Å²) in [4.78, 5) is 13.7. The molecule has 17 heavy (non-hydrogen) atoms. The highest BCUT2D eigenvalue weighted by atomic mass is 19.1. The van der Waals surface area contributed by atoms with Crippen molar-refractivity contribution in [3.63, 3.8) is 0 Å². The number of hydrogen-bond donors (Lipinski definition) is 1. The van der Waals surface area contributed by atoms with Crippen LogP contribution in [0.25, 0.3) is 5.69 Å². The number of nitrogens with one attached hydrogen (secondary N) is 1. The number of nitriles is 1. The van der Waals surface area contributed by atoms with Gasteiger partial charge in [0.15, 0.2) is 5.82 Å². The van der Waals surface area contributed by atoms with Crippen LogP contribution in [0.4, 0.5) is 8.78 Å². The number of nitrogens with zero attached hydrogens (tertiary/aromatic N) is 3. The van der Waals surface area contributed by atoms with E-state index in [1.807, 2.05) is 0 Å². The van der Waals surface area contributed by atoms with Gasteiger partial charge in [-0.15, -0.1) is 4.68 Å². The second kappa shape index (κ2) is 3.83. The summed E-state index contributed by atoms with van der Waals surface area (Å²) in [7, 11) is 1.49. The number of aromatic amines is 1. The molecule has 0 aliphatic rings. The first kappa shape index (κ1) is 11.0. The zero-order valence-electron chi connectivity index (χ0n) is 8.74. The summed E-state index contributed by atoms with van der Waals surface area (Å²) in [5.74, 6) is -1.72. The van der Waals surface area contributed by atoms with E-state index in [1.165, 1.54) is 24.1 Å². The van der Waals surface area contributed by atoms with Crippen LogP contribution in [-0.4, -0.2) is 9.67 Å². The molecule has 1 aromatic heterocycles. The van der Waals surface area contributed by atoms with E-state index < -0.39 is 22.9 Å². The summed E-state index contributed by atoms with van der Waals surface area (Å²) in [5.41, 5.74) is -1.26. The van der Waals surface area contributed by atoms with Gasteiger partial charge in [0.25, 0.3) is 6.33 Å². The molecule has 0 aliphatic heterocycles. The number of benzene rings is 1. The summed E-state index contributed by atoms with van der Waals surface area (Å²) in [6, 6.07) is 3.08. The summed E-state index contributed by atoms with van der Waals surface area (Å²) in [5, 5.41) is 8.54. The normalized spacial score (nSPS) is 10.2. The minimum atomic E-state index is -0.878. The summed E-state index contributed by atoms with van der Waals surface area (Å²) >= 11 is 0. The molecule has 0 amide bonds. The Morgan fingerprint density at radius 3 is 2.65 bits per heavy atom. The van der Waals surface area contributed by atoms with E-state index in [2.05, 4.69) is 4.98 Å². The zero-order valence-corrected chi connectivity index (χ0v) is 8.74. The molecule has 0 spiro atoms. The maximum Gasteiger partial charge on any atom is 0.449 e. The Morgan fingerprint density at radius 2 is 2.12 bits per heavy atom. The fourth-order valence-electron chi connectivity index (χ4n) is 1.47. The predicted molar refractivity (Wildman–Crippen MR) is 52.2 cm³/mol. The summed E-state index contributed by atoms with van der Waals surface area (Å²) in [6.45, 7) is 0. The van der Waals surface area contributed by atoms with E-state index in [0.29, 0.717) is 0 Å². The van der Waals surface area contributed by atoms with Crippen molar-refractivity contribution in [1.29, 1.82) is 5.26 Å². The van der Waals surface area contributed by atoms with Gasteiger partial charge in [-0.3, -0.25) is 0 Å². The lowest BCUT2D eigenvalue weighted by Gasteiger charge is -2.03. The van der Waals surface area contributed by atoms with Gasteiger partial charge in [-0.1, -0.05) is 0 Å². The molecule has 0 unspecified atom stereocenters. The van der Waals surface area contributed by atoms with Gasteiger partial charge in [-0.2, -0.15) is 14.9 Å². The molecule has 1 aromatic carbocycles. The van der Waals surface area contributed by atoms with Gasteiger partial charge >= 0.3 is 5.69 Å². The van der Waals surface area contributed by atoms with E-state index in [-0.39, 0.29) is 5.69 Å². The highest BCUT2D eigenvalue weighted by Gasteiger charge is 2.18. The second-order valence-corrected chi connectivity index (χ2v) is 3.36. The molecular formula is C10H7F2N4O+. The minimum absolute atomic E-state index is 0.254. The smallest absolute Gasteiger partial charge is 0.216 e. The largest absolute Gasteiger partial charge is 0.449 e. The Balaban J connectivity index is 2.75. The molecule has 1 N–H and O–H groups in total. The van der Waals surface area contributed by atoms with Crippen molar-refractivity contribution in [1.82, 2.24) is 9.67 Å². The van der Waals surface area contributed by atoms with Gasteiger partial charge < -0.3 is 0 Å². The van der Waals surface area contributed by atoms with Crippen molar-refractivity contribution in [3.05, 3.63) is 46.1 Å². The maximum absolute atomic E-state index is 13.6. The zero-order chi connectivity index (χ0) is 12.6. The first-order chi connectivity index (χ1) is 8.04. The molecule has 0 fully saturated rings. The molecule has 0 radical (unpaired) electrons. The third kappa shape index (κ3) is 1.69. The second-order valence-electron chi connectivity index (χ2n) is 3.36. The summed E-state index contributed by atoms with van der Waals surface area (Å²) < 4.78 is 29.2. The van der Waals surface area contributed by atoms with E-state index in [0.717, 1.165) is 16.8 Å². The van der Waals surface area contributed by atoms with Gasteiger partial charge in [0, 0.05) is 6.07 Å². The highest BCUT2D eigenvalue weighted by molar-refractivity contribution is 5.40. The molecule has 0 aliphatic carbocycles. The standard InChI is InChI=1S/C10H6F2N4O/c1-15-5-14-10(17)16(15)9-3-7(11)6(4-13)2-8(9)12/h2-3,5H,1H3/p+1. The average Bonchev–Trinajstić information content (AvgIpc) is 2.62. The van der Waals surface area contributed by atoms with Crippen LogP contribution in [0.3, 0.4) is 0 Å². The molecule has 0 saturated carbocycles. The highest BCUT2D eigenvalue weighted by Crippen LogP contribution is 2.15. The summed E-state index contributed by atoms with van der Waals surface area (Å²) in [6.07, 6.45) is 1.30. The van der Waals surface area contributed by atoms with Crippen LogP contribution in [-0.2, 0) is 7.05 Å². The molecule has 5 nitrogen and oxygen atoms in total. The average molecular weight is 237 g/mol. The lowest BCUT2D eigenvalue weighted by Crippen LogP contribution is -2.42. The van der Waals surface area contributed by atoms with Crippen LogP contribution in [0.2, 0.25) is 0 Å². The Morgan fingerprint density at radius 1 is 1.41 bits per heavy atom. The first-order valence-electron chi connectivity index (χ1n) is 4.60. The molecule has 7 heteroatoms. The van der Waals surface area contributed by atoms with Crippen molar-refractivity contribution in [3.8, 4) is 11.8 Å². The molecule has 2 aromatic rings. The van der Waals surface area contributed by atoms with Crippen molar-refractivity contribution in [2.75, 3.05) is 0 Å². The van der Waals surface area contributed by atoms with Crippen LogP contribution >= 0.6 is 0 Å². The Labute approximate surface area is 94.1 Å². The predicted octanol–water partition coefficient (Wildman–Crippen LogP) is 0.140. The minimum Gasteiger partial charge on any atom is -0.216 e. The van der Waals surface area contributed by atoms with E-state index in [9.17, 15) is 13.6 Å². The fourth-order valence-corrected chi connectivity index (χ4v) is 1.47. The van der Waals surface area contributed by atoms with E-state index in [4.69, 9.17) is 5.26 Å². The number of aromatic nitrogens is 3. The van der Waals surface area contributed by atoms with Gasteiger partial charge in [-0.05, 0) is 6.07 Å². The Hall–Kier alpha value is -2.49.